The van der Waals surface area contributed by atoms with Gasteiger partial charge in [0, 0.05) is 19.5 Å². The van der Waals surface area contributed by atoms with Crippen LogP contribution in [0.3, 0.4) is 0 Å². The molecule has 0 aliphatic carbocycles. The molecule has 1 unspecified atom stereocenters. The smallest absolute Gasteiger partial charge is 0.220 e. The molecule has 0 bridgehead atoms. The van der Waals surface area contributed by atoms with Gasteiger partial charge in [-0.1, -0.05) is 6.92 Å². The van der Waals surface area contributed by atoms with Gasteiger partial charge in [0.2, 0.25) is 5.91 Å². The molecule has 1 heterocycles. The number of nitrogens with zero attached hydrogens (tertiary/aromatic N) is 1. The van der Waals surface area contributed by atoms with Gasteiger partial charge in [0.1, 0.15) is 0 Å². The molecule has 0 aromatic heterocycles. The Bertz CT molecular complexity index is 223. The molecule has 1 amide bonds. The van der Waals surface area contributed by atoms with Crippen molar-refractivity contribution in [2.45, 2.75) is 45.6 Å². The van der Waals surface area contributed by atoms with Crippen molar-refractivity contribution in [2.75, 3.05) is 26.2 Å². The first-order valence-electron chi connectivity index (χ1n) is 6.75. The third kappa shape index (κ3) is 6.64. The third-order valence-electron chi connectivity index (χ3n) is 3.42. The number of piperidine rings is 1. The molecule has 2 N–H and O–H groups in total. The topological polar surface area (TPSA) is 52.6 Å². The van der Waals surface area contributed by atoms with E-state index in [1.165, 1.54) is 12.8 Å². The number of amides is 1. The Morgan fingerprint density at radius 1 is 1.47 bits per heavy atom. The Morgan fingerprint density at radius 3 is 2.71 bits per heavy atom. The number of nitrogens with one attached hydrogen (secondary N) is 1. The number of hydrogen-bond acceptors (Lipinski definition) is 3. The number of aliphatic hydroxyl groups excluding tert-OH is 1. The fraction of sp³-hybridized carbons (Fsp3) is 0.923. The van der Waals surface area contributed by atoms with Crippen LogP contribution < -0.4 is 5.32 Å². The van der Waals surface area contributed by atoms with Crippen molar-refractivity contribution in [3.63, 3.8) is 0 Å². The third-order valence-corrected chi connectivity index (χ3v) is 3.42. The maximum absolute atomic E-state index is 11.4. The predicted molar refractivity (Wildman–Crippen MR) is 68.8 cm³/mol. The quantitative estimate of drug-likeness (QED) is 0.730. The molecular weight excluding hydrogens is 216 g/mol. The number of likely N-dealkylation sites (tertiary alicyclic amines) is 1. The molecular formula is C13H26N2O2. The highest BCUT2D eigenvalue weighted by atomic mass is 16.3. The standard InChI is InChI=1S/C13H26N2O2/c1-11-5-8-15(9-6-11)10-7-14-13(17)4-3-12(2)16/h11-12,16H,3-10H2,1-2H3,(H,14,17). The Kier molecular flexibility index (Phi) is 6.52. The second-order valence-electron chi connectivity index (χ2n) is 5.26. The van der Waals surface area contributed by atoms with Crippen LogP contribution in [-0.4, -0.2) is 48.2 Å². The summed E-state index contributed by atoms with van der Waals surface area (Å²) in [6.45, 7) is 8.01. The van der Waals surface area contributed by atoms with Crippen molar-refractivity contribution in [1.29, 1.82) is 0 Å². The maximum atomic E-state index is 11.4. The van der Waals surface area contributed by atoms with Crippen LogP contribution in [0.25, 0.3) is 0 Å². The lowest BCUT2D eigenvalue weighted by atomic mass is 9.99. The molecule has 1 rings (SSSR count). The van der Waals surface area contributed by atoms with E-state index in [4.69, 9.17) is 5.11 Å². The number of carbonyl (C=O) groups excluding carboxylic acids is 1. The van der Waals surface area contributed by atoms with Crippen LogP contribution in [0.15, 0.2) is 0 Å². The summed E-state index contributed by atoms with van der Waals surface area (Å²) in [6, 6.07) is 0. The average Bonchev–Trinajstić information content (AvgIpc) is 2.29. The van der Waals surface area contributed by atoms with E-state index in [1.54, 1.807) is 6.92 Å². The molecule has 0 saturated carbocycles. The Labute approximate surface area is 104 Å². The van der Waals surface area contributed by atoms with Gasteiger partial charge < -0.3 is 15.3 Å². The molecule has 1 aliphatic heterocycles. The van der Waals surface area contributed by atoms with Gasteiger partial charge in [-0.3, -0.25) is 4.79 Å². The van der Waals surface area contributed by atoms with Crippen molar-refractivity contribution in [3.05, 3.63) is 0 Å². The van der Waals surface area contributed by atoms with Gasteiger partial charge in [0.05, 0.1) is 6.10 Å². The average molecular weight is 242 g/mol. The van der Waals surface area contributed by atoms with Crippen LogP contribution in [0.4, 0.5) is 0 Å². The minimum atomic E-state index is -0.385. The normalized spacial score (nSPS) is 20.2. The summed E-state index contributed by atoms with van der Waals surface area (Å²) in [5.41, 5.74) is 0. The SMILES string of the molecule is CC(O)CCC(=O)NCCN1CCC(C)CC1. The van der Waals surface area contributed by atoms with E-state index in [-0.39, 0.29) is 12.0 Å². The van der Waals surface area contributed by atoms with Gasteiger partial charge in [0.15, 0.2) is 0 Å². The molecule has 4 heteroatoms. The summed E-state index contributed by atoms with van der Waals surface area (Å²) in [5, 5.41) is 12.0. The van der Waals surface area contributed by atoms with Crippen molar-refractivity contribution in [1.82, 2.24) is 10.2 Å². The van der Waals surface area contributed by atoms with E-state index in [1.807, 2.05) is 0 Å². The molecule has 1 aliphatic rings. The summed E-state index contributed by atoms with van der Waals surface area (Å²) >= 11 is 0. The second kappa shape index (κ2) is 7.67. The first kappa shape index (κ1) is 14.5. The fourth-order valence-electron chi connectivity index (χ4n) is 2.07. The van der Waals surface area contributed by atoms with Crippen molar-refractivity contribution in [3.8, 4) is 0 Å². The monoisotopic (exact) mass is 242 g/mol. The van der Waals surface area contributed by atoms with E-state index >= 15 is 0 Å². The van der Waals surface area contributed by atoms with Gasteiger partial charge >= 0.3 is 0 Å². The van der Waals surface area contributed by atoms with E-state index in [0.29, 0.717) is 12.8 Å². The molecule has 0 aromatic rings. The fourth-order valence-corrected chi connectivity index (χ4v) is 2.07. The van der Waals surface area contributed by atoms with Gasteiger partial charge in [-0.15, -0.1) is 0 Å². The van der Waals surface area contributed by atoms with Crippen LogP contribution in [0.5, 0.6) is 0 Å². The number of carbonyl (C=O) groups is 1. The zero-order valence-corrected chi connectivity index (χ0v) is 11.1. The van der Waals surface area contributed by atoms with Crippen molar-refractivity contribution < 1.29 is 9.90 Å². The number of hydrogen-bond donors (Lipinski definition) is 2. The molecule has 17 heavy (non-hydrogen) atoms. The summed E-state index contributed by atoms with van der Waals surface area (Å²) in [4.78, 5) is 13.8. The zero-order chi connectivity index (χ0) is 12.7. The van der Waals surface area contributed by atoms with Crippen LogP contribution in [0, 0.1) is 5.92 Å². The molecule has 0 radical (unpaired) electrons. The highest BCUT2D eigenvalue weighted by Crippen LogP contribution is 2.14. The lowest BCUT2D eigenvalue weighted by Crippen LogP contribution is -2.39. The molecule has 1 atom stereocenters. The molecule has 100 valence electrons. The van der Waals surface area contributed by atoms with Crippen LogP contribution in [0.2, 0.25) is 0 Å². The van der Waals surface area contributed by atoms with Gasteiger partial charge in [-0.2, -0.15) is 0 Å². The van der Waals surface area contributed by atoms with Gasteiger partial charge in [0.25, 0.3) is 0 Å². The van der Waals surface area contributed by atoms with Crippen LogP contribution in [0.1, 0.15) is 39.5 Å². The Hall–Kier alpha value is -0.610. The van der Waals surface area contributed by atoms with Gasteiger partial charge in [-0.25, -0.2) is 0 Å². The molecule has 1 fully saturated rings. The first-order chi connectivity index (χ1) is 8.08. The van der Waals surface area contributed by atoms with Crippen LogP contribution >= 0.6 is 0 Å². The predicted octanol–water partition coefficient (Wildman–Crippen LogP) is 0.995. The highest BCUT2D eigenvalue weighted by molar-refractivity contribution is 5.75. The zero-order valence-electron chi connectivity index (χ0n) is 11.1. The summed E-state index contributed by atoms with van der Waals surface area (Å²) in [7, 11) is 0. The second-order valence-corrected chi connectivity index (χ2v) is 5.26. The highest BCUT2D eigenvalue weighted by Gasteiger charge is 2.15. The minimum Gasteiger partial charge on any atom is -0.393 e. The molecule has 0 aromatic carbocycles. The Balaban J connectivity index is 2.01. The van der Waals surface area contributed by atoms with Gasteiger partial charge in [-0.05, 0) is 45.2 Å². The first-order valence-corrected chi connectivity index (χ1v) is 6.75. The lowest BCUT2D eigenvalue weighted by Gasteiger charge is -2.30. The summed E-state index contributed by atoms with van der Waals surface area (Å²) < 4.78 is 0. The number of aliphatic hydroxyl groups is 1. The van der Waals surface area contributed by atoms with E-state index in [2.05, 4.69) is 17.1 Å². The maximum Gasteiger partial charge on any atom is 0.220 e. The molecule has 1 saturated heterocycles. The Morgan fingerprint density at radius 2 is 2.12 bits per heavy atom. The largest absolute Gasteiger partial charge is 0.393 e. The van der Waals surface area contributed by atoms with Crippen molar-refractivity contribution >= 4 is 5.91 Å². The summed E-state index contributed by atoms with van der Waals surface area (Å²) in [5.74, 6) is 0.906. The van der Waals surface area contributed by atoms with Crippen LogP contribution in [-0.2, 0) is 4.79 Å². The molecule has 4 nitrogen and oxygen atoms in total. The molecule has 0 spiro atoms. The van der Waals surface area contributed by atoms with Crippen molar-refractivity contribution in [2.24, 2.45) is 5.92 Å². The lowest BCUT2D eigenvalue weighted by molar-refractivity contribution is -0.121. The minimum absolute atomic E-state index is 0.0521. The summed E-state index contributed by atoms with van der Waals surface area (Å²) in [6.07, 6.45) is 3.14. The number of rotatable bonds is 6. The van der Waals surface area contributed by atoms with E-state index in [9.17, 15) is 4.79 Å². The van der Waals surface area contributed by atoms with E-state index < -0.39 is 0 Å². The van der Waals surface area contributed by atoms with E-state index in [0.717, 1.165) is 32.1 Å².